The highest BCUT2D eigenvalue weighted by Gasteiger charge is 2.25. The second-order valence-electron chi connectivity index (χ2n) is 4.94. The Labute approximate surface area is 120 Å². The lowest BCUT2D eigenvalue weighted by Gasteiger charge is -2.30. The number of methoxy groups -OCH3 is 1. The first-order valence-electron chi connectivity index (χ1n) is 6.13. The predicted octanol–water partition coefficient (Wildman–Crippen LogP) is 4.46. The van der Waals surface area contributed by atoms with Crippen molar-refractivity contribution in [2.75, 3.05) is 13.7 Å². The fourth-order valence-corrected chi connectivity index (χ4v) is 2.32. The molecule has 102 valence electrons. The van der Waals surface area contributed by atoms with Crippen molar-refractivity contribution in [1.29, 1.82) is 0 Å². The molecule has 0 saturated heterocycles. The number of rotatable bonds is 6. The summed E-state index contributed by atoms with van der Waals surface area (Å²) < 4.78 is 5.49. The maximum atomic E-state index is 6.26. The van der Waals surface area contributed by atoms with Gasteiger partial charge in [0.05, 0.1) is 5.60 Å². The van der Waals surface area contributed by atoms with Crippen LogP contribution in [0.1, 0.15) is 38.8 Å². The van der Waals surface area contributed by atoms with Crippen molar-refractivity contribution in [2.24, 2.45) is 0 Å². The van der Waals surface area contributed by atoms with Gasteiger partial charge >= 0.3 is 0 Å². The third-order valence-electron chi connectivity index (χ3n) is 3.03. The van der Waals surface area contributed by atoms with E-state index in [1.165, 1.54) is 0 Å². The summed E-state index contributed by atoms with van der Waals surface area (Å²) >= 11 is 12.3. The largest absolute Gasteiger partial charge is 0.379 e. The van der Waals surface area contributed by atoms with Gasteiger partial charge in [0, 0.05) is 23.2 Å². The molecule has 1 atom stereocenters. The molecule has 0 aliphatic heterocycles. The van der Waals surface area contributed by atoms with Crippen LogP contribution in [0.2, 0.25) is 10.0 Å². The van der Waals surface area contributed by atoms with Gasteiger partial charge in [-0.25, -0.2) is 0 Å². The predicted molar refractivity (Wildman–Crippen MR) is 78.6 cm³/mol. The topological polar surface area (TPSA) is 21.3 Å². The average Bonchev–Trinajstić information content (AvgIpc) is 2.31. The lowest BCUT2D eigenvalue weighted by molar-refractivity contribution is 0.00698. The standard InChI is InChI=1S/C14H21Cl2NO/c1-5-17-13(9-14(2,3)18-4)11-8-10(15)6-7-12(11)16/h6-8,13,17H,5,9H2,1-4H3. The van der Waals surface area contributed by atoms with Gasteiger partial charge in [-0.2, -0.15) is 0 Å². The monoisotopic (exact) mass is 289 g/mol. The fourth-order valence-electron chi connectivity index (χ4n) is 1.90. The Morgan fingerprint density at radius 3 is 2.56 bits per heavy atom. The van der Waals surface area contributed by atoms with Crippen LogP contribution in [0.15, 0.2) is 18.2 Å². The van der Waals surface area contributed by atoms with Crippen LogP contribution >= 0.6 is 23.2 Å². The Balaban J connectivity index is 3.00. The SMILES string of the molecule is CCNC(CC(C)(C)OC)c1cc(Cl)ccc1Cl. The molecule has 1 unspecified atom stereocenters. The Morgan fingerprint density at radius 1 is 1.33 bits per heavy atom. The summed E-state index contributed by atoms with van der Waals surface area (Å²) in [6.45, 7) is 7.07. The lowest BCUT2D eigenvalue weighted by Crippen LogP contribution is -2.32. The van der Waals surface area contributed by atoms with E-state index in [-0.39, 0.29) is 11.6 Å². The first kappa shape index (κ1) is 15.8. The van der Waals surface area contributed by atoms with E-state index in [1.54, 1.807) is 13.2 Å². The van der Waals surface area contributed by atoms with E-state index in [1.807, 2.05) is 12.1 Å². The second kappa shape index (κ2) is 6.76. The van der Waals surface area contributed by atoms with Crippen LogP contribution in [0.3, 0.4) is 0 Å². The van der Waals surface area contributed by atoms with E-state index >= 15 is 0 Å². The molecule has 1 N–H and O–H groups in total. The lowest BCUT2D eigenvalue weighted by atomic mass is 9.93. The Kier molecular flexibility index (Phi) is 5.93. The third-order valence-corrected chi connectivity index (χ3v) is 3.61. The smallest absolute Gasteiger partial charge is 0.0640 e. The second-order valence-corrected chi connectivity index (χ2v) is 5.79. The summed E-state index contributed by atoms with van der Waals surface area (Å²) in [5, 5.41) is 4.87. The number of nitrogens with one attached hydrogen (secondary N) is 1. The molecule has 1 rings (SSSR count). The van der Waals surface area contributed by atoms with Gasteiger partial charge in [0.25, 0.3) is 0 Å². The molecule has 4 heteroatoms. The van der Waals surface area contributed by atoms with E-state index in [4.69, 9.17) is 27.9 Å². The van der Waals surface area contributed by atoms with Crippen molar-refractivity contribution in [1.82, 2.24) is 5.32 Å². The van der Waals surface area contributed by atoms with Gasteiger partial charge in [-0.3, -0.25) is 0 Å². The molecular weight excluding hydrogens is 269 g/mol. The summed E-state index contributed by atoms with van der Waals surface area (Å²) in [6, 6.07) is 5.70. The van der Waals surface area contributed by atoms with Gasteiger partial charge in [-0.05, 0) is 50.6 Å². The molecule has 1 aromatic rings. The summed E-state index contributed by atoms with van der Waals surface area (Å²) in [7, 11) is 1.72. The molecule has 0 aliphatic carbocycles. The van der Waals surface area contributed by atoms with E-state index in [9.17, 15) is 0 Å². The molecule has 0 aromatic heterocycles. The minimum Gasteiger partial charge on any atom is -0.379 e. The van der Waals surface area contributed by atoms with Crippen molar-refractivity contribution < 1.29 is 4.74 Å². The van der Waals surface area contributed by atoms with E-state index in [0.717, 1.165) is 23.6 Å². The Morgan fingerprint density at radius 2 is 2.00 bits per heavy atom. The summed E-state index contributed by atoms with van der Waals surface area (Å²) in [5.74, 6) is 0. The maximum Gasteiger partial charge on any atom is 0.0640 e. The fraction of sp³-hybridized carbons (Fsp3) is 0.571. The first-order chi connectivity index (χ1) is 8.39. The van der Waals surface area contributed by atoms with Gasteiger partial charge in [-0.15, -0.1) is 0 Å². The van der Waals surface area contributed by atoms with Crippen LogP contribution in [-0.4, -0.2) is 19.3 Å². The molecule has 0 fully saturated rings. The van der Waals surface area contributed by atoms with Gasteiger partial charge in [-0.1, -0.05) is 30.1 Å². The molecule has 0 bridgehead atoms. The highest BCUT2D eigenvalue weighted by Crippen LogP contribution is 2.32. The molecule has 0 amide bonds. The summed E-state index contributed by atoms with van der Waals surface area (Å²) in [5.41, 5.74) is 0.814. The van der Waals surface area contributed by atoms with E-state index in [0.29, 0.717) is 5.02 Å². The zero-order valence-corrected chi connectivity index (χ0v) is 12.9. The van der Waals surface area contributed by atoms with Crippen LogP contribution < -0.4 is 5.32 Å². The quantitative estimate of drug-likeness (QED) is 0.835. The maximum absolute atomic E-state index is 6.26. The van der Waals surface area contributed by atoms with Crippen LogP contribution in [0.4, 0.5) is 0 Å². The molecule has 0 aliphatic rings. The third kappa shape index (κ3) is 4.43. The summed E-state index contributed by atoms with van der Waals surface area (Å²) in [4.78, 5) is 0. The minimum atomic E-state index is -0.210. The van der Waals surface area contributed by atoms with Crippen molar-refractivity contribution >= 4 is 23.2 Å². The number of hydrogen-bond acceptors (Lipinski definition) is 2. The van der Waals surface area contributed by atoms with E-state index in [2.05, 4.69) is 26.1 Å². The number of benzene rings is 1. The molecule has 2 nitrogen and oxygen atoms in total. The highest BCUT2D eigenvalue weighted by atomic mass is 35.5. The molecule has 0 radical (unpaired) electrons. The van der Waals surface area contributed by atoms with Crippen molar-refractivity contribution in [3.8, 4) is 0 Å². The highest BCUT2D eigenvalue weighted by molar-refractivity contribution is 6.33. The normalized spacial score (nSPS) is 13.7. The number of ether oxygens (including phenoxy) is 1. The minimum absolute atomic E-state index is 0.135. The number of halogens is 2. The number of hydrogen-bond donors (Lipinski definition) is 1. The van der Waals surface area contributed by atoms with Crippen molar-refractivity contribution in [3.05, 3.63) is 33.8 Å². The van der Waals surface area contributed by atoms with Gasteiger partial charge in [0.2, 0.25) is 0 Å². The molecule has 0 spiro atoms. The Hall–Kier alpha value is -0.280. The zero-order valence-electron chi connectivity index (χ0n) is 11.4. The molecule has 1 aromatic carbocycles. The van der Waals surface area contributed by atoms with Gasteiger partial charge in [0.15, 0.2) is 0 Å². The van der Waals surface area contributed by atoms with Gasteiger partial charge in [0.1, 0.15) is 0 Å². The van der Waals surface area contributed by atoms with Gasteiger partial charge < -0.3 is 10.1 Å². The van der Waals surface area contributed by atoms with Crippen LogP contribution in [0, 0.1) is 0 Å². The summed E-state index contributed by atoms with van der Waals surface area (Å²) in [6.07, 6.45) is 0.831. The van der Waals surface area contributed by atoms with Crippen LogP contribution in [0.5, 0.6) is 0 Å². The van der Waals surface area contributed by atoms with Crippen molar-refractivity contribution in [3.63, 3.8) is 0 Å². The molecule has 0 heterocycles. The average molecular weight is 290 g/mol. The van der Waals surface area contributed by atoms with E-state index < -0.39 is 0 Å². The molecule has 0 saturated carbocycles. The molecular formula is C14H21Cl2NO. The van der Waals surface area contributed by atoms with Crippen LogP contribution in [0.25, 0.3) is 0 Å². The first-order valence-corrected chi connectivity index (χ1v) is 6.88. The Bertz CT molecular complexity index is 393. The zero-order chi connectivity index (χ0) is 13.8. The van der Waals surface area contributed by atoms with Crippen molar-refractivity contribution in [2.45, 2.75) is 38.8 Å². The van der Waals surface area contributed by atoms with Crippen LogP contribution in [-0.2, 0) is 4.74 Å². The molecule has 18 heavy (non-hydrogen) atoms.